The van der Waals surface area contributed by atoms with Crippen LogP contribution in [-0.2, 0) is 0 Å². The third kappa shape index (κ3) is 2.99. The lowest BCUT2D eigenvalue weighted by Gasteiger charge is -2.26. The number of amides is 1. The van der Waals surface area contributed by atoms with Crippen LogP contribution in [0.3, 0.4) is 0 Å². The Morgan fingerprint density at radius 2 is 2.00 bits per heavy atom. The molecule has 1 unspecified atom stereocenters. The van der Waals surface area contributed by atoms with E-state index >= 15 is 0 Å². The van der Waals surface area contributed by atoms with E-state index in [1.54, 1.807) is 25.1 Å². The number of benzene rings is 1. The van der Waals surface area contributed by atoms with E-state index in [9.17, 15) is 13.6 Å². The summed E-state index contributed by atoms with van der Waals surface area (Å²) in [5, 5.41) is 0. The molecule has 0 aliphatic rings. The van der Waals surface area contributed by atoms with E-state index in [4.69, 9.17) is 5.73 Å². The first-order valence-electron chi connectivity index (χ1n) is 6.34. The van der Waals surface area contributed by atoms with E-state index in [1.165, 1.54) is 18.0 Å². The second-order valence-electron chi connectivity index (χ2n) is 4.70. The van der Waals surface area contributed by atoms with E-state index < -0.39 is 23.6 Å². The van der Waals surface area contributed by atoms with Gasteiger partial charge >= 0.3 is 0 Å². The van der Waals surface area contributed by atoms with Crippen molar-refractivity contribution in [2.45, 2.75) is 13.0 Å². The quantitative estimate of drug-likeness (QED) is 0.946. The minimum atomic E-state index is -0.653. The Morgan fingerprint density at radius 3 is 2.67 bits per heavy atom. The van der Waals surface area contributed by atoms with Crippen molar-refractivity contribution >= 4 is 11.7 Å². The van der Waals surface area contributed by atoms with E-state index in [-0.39, 0.29) is 11.4 Å². The third-order valence-electron chi connectivity index (χ3n) is 3.37. The zero-order valence-electron chi connectivity index (χ0n) is 11.7. The van der Waals surface area contributed by atoms with Crippen LogP contribution in [0.25, 0.3) is 0 Å². The Kier molecular flexibility index (Phi) is 4.16. The van der Waals surface area contributed by atoms with Crippen molar-refractivity contribution in [3.05, 3.63) is 59.3 Å². The van der Waals surface area contributed by atoms with Gasteiger partial charge in [0.1, 0.15) is 17.5 Å². The van der Waals surface area contributed by atoms with Gasteiger partial charge in [-0.05, 0) is 19.1 Å². The van der Waals surface area contributed by atoms with E-state index in [2.05, 4.69) is 4.98 Å². The van der Waals surface area contributed by atoms with Gasteiger partial charge in [-0.3, -0.25) is 4.79 Å². The molecule has 2 aromatic rings. The Balaban J connectivity index is 2.31. The largest absolute Gasteiger partial charge is 0.383 e. The molecular weight excluding hydrogens is 276 g/mol. The fourth-order valence-electron chi connectivity index (χ4n) is 2.01. The summed E-state index contributed by atoms with van der Waals surface area (Å²) in [5.74, 6) is -1.64. The number of carbonyl (C=O) groups excluding carboxylic acids is 1. The summed E-state index contributed by atoms with van der Waals surface area (Å²) in [7, 11) is 1.50. The van der Waals surface area contributed by atoms with Gasteiger partial charge in [-0.2, -0.15) is 0 Å². The van der Waals surface area contributed by atoms with Crippen LogP contribution in [0.4, 0.5) is 14.6 Å². The van der Waals surface area contributed by atoms with Crippen LogP contribution in [0.5, 0.6) is 0 Å². The number of rotatable bonds is 3. The highest BCUT2D eigenvalue weighted by molar-refractivity contribution is 5.98. The van der Waals surface area contributed by atoms with Gasteiger partial charge < -0.3 is 10.6 Å². The van der Waals surface area contributed by atoms with E-state index in [0.717, 1.165) is 12.3 Å². The number of halogens is 2. The molecule has 0 aliphatic carbocycles. The molecule has 4 nitrogen and oxygen atoms in total. The second kappa shape index (κ2) is 5.87. The summed E-state index contributed by atoms with van der Waals surface area (Å²) in [6, 6.07) is 6.67. The summed E-state index contributed by atoms with van der Waals surface area (Å²) >= 11 is 0. The van der Waals surface area contributed by atoms with Gasteiger partial charge in [-0.15, -0.1) is 0 Å². The molecule has 1 amide bonds. The van der Waals surface area contributed by atoms with Crippen LogP contribution in [0, 0.1) is 11.6 Å². The van der Waals surface area contributed by atoms with Crippen LogP contribution >= 0.6 is 0 Å². The van der Waals surface area contributed by atoms with Crippen LogP contribution < -0.4 is 5.73 Å². The summed E-state index contributed by atoms with van der Waals surface area (Å²) < 4.78 is 27.0. The lowest BCUT2D eigenvalue weighted by Crippen LogP contribution is -2.31. The fraction of sp³-hybridized carbons (Fsp3) is 0.200. The molecule has 1 heterocycles. The van der Waals surface area contributed by atoms with Crippen molar-refractivity contribution in [1.82, 2.24) is 9.88 Å². The van der Waals surface area contributed by atoms with Gasteiger partial charge in [0, 0.05) is 12.6 Å². The molecule has 0 saturated heterocycles. The number of nitrogens with two attached hydrogens (primary N) is 1. The molecule has 110 valence electrons. The first-order chi connectivity index (χ1) is 9.91. The van der Waals surface area contributed by atoms with Crippen molar-refractivity contribution in [3.63, 3.8) is 0 Å². The lowest BCUT2D eigenvalue weighted by atomic mass is 10.1. The van der Waals surface area contributed by atoms with Crippen molar-refractivity contribution in [3.8, 4) is 0 Å². The summed E-state index contributed by atoms with van der Waals surface area (Å²) in [6.07, 6.45) is 0.937. The molecule has 6 heteroatoms. The van der Waals surface area contributed by atoms with Crippen molar-refractivity contribution < 1.29 is 13.6 Å². The normalized spacial score (nSPS) is 12.0. The first-order valence-corrected chi connectivity index (χ1v) is 6.34. The topological polar surface area (TPSA) is 59.2 Å². The minimum Gasteiger partial charge on any atom is -0.383 e. The predicted molar refractivity (Wildman–Crippen MR) is 75.5 cm³/mol. The molecule has 2 rings (SSSR count). The standard InChI is InChI=1S/C15H15F2N3O/c1-9(11-5-3-4-6-13(11)17)20(2)15(21)12-7-10(16)8-19-14(12)18/h3-9H,1-2H3,(H2,18,19). The van der Waals surface area contributed by atoms with Crippen LogP contribution in [0.2, 0.25) is 0 Å². The number of aromatic nitrogens is 1. The monoisotopic (exact) mass is 291 g/mol. The van der Waals surface area contributed by atoms with E-state index in [0.29, 0.717) is 5.56 Å². The lowest BCUT2D eigenvalue weighted by molar-refractivity contribution is 0.0740. The maximum absolute atomic E-state index is 13.8. The molecule has 0 saturated carbocycles. The summed E-state index contributed by atoms with van der Waals surface area (Å²) in [6.45, 7) is 1.68. The number of hydrogen-bond donors (Lipinski definition) is 1. The van der Waals surface area contributed by atoms with Crippen molar-refractivity contribution in [2.24, 2.45) is 0 Å². The molecular formula is C15H15F2N3O. The molecule has 0 fully saturated rings. The maximum Gasteiger partial charge on any atom is 0.257 e. The van der Waals surface area contributed by atoms with Crippen LogP contribution in [-0.4, -0.2) is 22.8 Å². The zero-order valence-corrected chi connectivity index (χ0v) is 11.7. The molecule has 2 N–H and O–H groups in total. The SMILES string of the molecule is CC(c1ccccc1F)N(C)C(=O)c1cc(F)cnc1N. The summed E-state index contributed by atoms with van der Waals surface area (Å²) in [4.78, 5) is 17.3. The third-order valence-corrected chi connectivity index (χ3v) is 3.37. The van der Waals surface area contributed by atoms with Crippen molar-refractivity contribution in [1.29, 1.82) is 0 Å². The first kappa shape index (κ1) is 14.9. The Morgan fingerprint density at radius 1 is 1.33 bits per heavy atom. The molecule has 0 spiro atoms. The van der Waals surface area contributed by atoms with Crippen LogP contribution in [0.15, 0.2) is 36.5 Å². The molecule has 0 aliphatic heterocycles. The molecule has 1 aromatic heterocycles. The Labute approximate surface area is 121 Å². The van der Waals surface area contributed by atoms with Crippen molar-refractivity contribution in [2.75, 3.05) is 12.8 Å². The fourth-order valence-corrected chi connectivity index (χ4v) is 2.01. The van der Waals surface area contributed by atoms with Gasteiger partial charge in [-0.25, -0.2) is 13.8 Å². The average molecular weight is 291 g/mol. The number of carbonyl (C=O) groups is 1. The highest BCUT2D eigenvalue weighted by Crippen LogP contribution is 2.24. The average Bonchev–Trinajstić information content (AvgIpc) is 2.48. The van der Waals surface area contributed by atoms with Gasteiger partial charge in [-0.1, -0.05) is 18.2 Å². The van der Waals surface area contributed by atoms with Gasteiger partial charge in [0.2, 0.25) is 0 Å². The number of nitrogens with zero attached hydrogens (tertiary/aromatic N) is 2. The minimum absolute atomic E-state index is 0.0410. The smallest absolute Gasteiger partial charge is 0.257 e. The summed E-state index contributed by atoms with van der Waals surface area (Å²) in [5.41, 5.74) is 5.93. The number of nitrogen functional groups attached to an aromatic ring is 1. The van der Waals surface area contributed by atoms with Gasteiger partial charge in [0.05, 0.1) is 17.8 Å². The van der Waals surface area contributed by atoms with Crippen LogP contribution in [0.1, 0.15) is 28.9 Å². The highest BCUT2D eigenvalue weighted by atomic mass is 19.1. The van der Waals surface area contributed by atoms with Gasteiger partial charge in [0.15, 0.2) is 0 Å². The molecule has 0 bridgehead atoms. The second-order valence-corrected chi connectivity index (χ2v) is 4.70. The number of anilines is 1. The number of pyridine rings is 1. The molecule has 1 aromatic carbocycles. The highest BCUT2D eigenvalue weighted by Gasteiger charge is 2.23. The zero-order chi connectivity index (χ0) is 15.6. The molecule has 0 radical (unpaired) electrons. The predicted octanol–water partition coefficient (Wildman–Crippen LogP) is 2.78. The number of hydrogen-bond acceptors (Lipinski definition) is 3. The molecule has 21 heavy (non-hydrogen) atoms. The van der Waals surface area contributed by atoms with Gasteiger partial charge in [0.25, 0.3) is 5.91 Å². The molecule has 1 atom stereocenters. The Hall–Kier alpha value is -2.50. The Bertz CT molecular complexity index is 676. The maximum atomic E-state index is 13.8. The van der Waals surface area contributed by atoms with E-state index in [1.807, 2.05) is 0 Å².